The lowest BCUT2D eigenvalue weighted by atomic mass is 9.83. The highest BCUT2D eigenvalue weighted by molar-refractivity contribution is 5.77. The molecular formula is C131H196N12. The minimum absolute atomic E-state index is 0.120. The fourth-order valence-corrected chi connectivity index (χ4v) is 27.7. The number of nitrogens with zero attached hydrogens (tertiary/aromatic N) is 12. The van der Waals surface area contributed by atoms with Gasteiger partial charge in [-0.25, -0.2) is 0 Å². The van der Waals surface area contributed by atoms with Gasteiger partial charge in [-0.1, -0.05) is 354 Å². The van der Waals surface area contributed by atoms with E-state index >= 15 is 0 Å². The third-order valence-electron chi connectivity index (χ3n) is 34.0. The third-order valence-corrected chi connectivity index (χ3v) is 34.0. The highest BCUT2D eigenvalue weighted by Crippen LogP contribution is 2.55. The second-order valence-corrected chi connectivity index (χ2v) is 51.4. The molecule has 5 saturated carbocycles. The molecule has 0 spiro atoms. The van der Waals surface area contributed by atoms with Crippen molar-refractivity contribution < 1.29 is 0 Å². The van der Waals surface area contributed by atoms with Gasteiger partial charge < -0.3 is 58.8 Å². The Morgan fingerprint density at radius 2 is 0.406 bits per heavy atom. The molecule has 5 aliphatic carbocycles. The molecular weight excluding hydrogens is 1740 g/mol. The predicted molar refractivity (Wildman–Crippen MR) is 619 cm³/mol. The van der Waals surface area contributed by atoms with Gasteiger partial charge in [0.15, 0.2) is 0 Å². The standard InChI is InChI=1S/C27H42N2.C22H34N2.C22H28N2.C22H34N2.C21H32N2.C17H26N2/c1-20-14-12-13-19-24(20)28-21(2)25(22-15-8-6-9-16-22)29(26(28)27(3,4)5)23-17-10-7-11-18-23;2*1-16-12-10-11-15-19(16)24-17(2)20(18-13-8-7-9-14-18)23(6)21(24)22(3,4)5;1-16-12-10-11-15-20(16)24-18(3)17(2)23(21(24)22(4,5)6)19-13-8-7-9-14-19;1-15-11-7-10-14-18(15)23-16(2)19(17-12-8-9-13-17)22(6)20(23)21(3,4)5;1-12-10-8-9-11-15(12)19-14(3)13(2)18(7)16(19)17(4,5)6/h12-14,19,22-23,26H,6-11,15-18H2,1-5H3;10-12,15,18,21H,7-9,13-14H2,1-6H3;7-15,21H,1-6H3;10-12,15,19,21H,7-9,13-14H2,1-6H3;7,10-11,14,17,20H,8-9,12-13H2,1-6H3;8-11,16H,1-7H3. The molecule has 0 saturated heterocycles. The fourth-order valence-electron chi connectivity index (χ4n) is 27.7. The summed E-state index contributed by atoms with van der Waals surface area (Å²) >= 11 is 0. The van der Waals surface area contributed by atoms with Crippen LogP contribution in [-0.4, -0.2) is 107 Å². The summed E-state index contributed by atoms with van der Waals surface area (Å²) in [5, 5.41) is 0. The average Bonchev–Trinajstić information content (AvgIpc) is 1.42. The Morgan fingerprint density at radius 3 is 0.713 bits per heavy atom. The van der Waals surface area contributed by atoms with Crippen LogP contribution in [0.2, 0.25) is 0 Å². The Morgan fingerprint density at radius 1 is 0.189 bits per heavy atom. The molecule has 6 atom stereocenters. The quantitative estimate of drug-likeness (QED) is 0.117. The lowest BCUT2D eigenvalue weighted by Gasteiger charge is -2.48. The topological polar surface area (TPSA) is 38.9 Å². The van der Waals surface area contributed by atoms with Gasteiger partial charge in [0.2, 0.25) is 0 Å². The van der Waals surface area contributed by atoms with E-state index in [1.165, 1.54) is 278 Å². The van der Waals surface area contributed by atoms with E-state index in [0.29, 0.717) is 42.9 Å². The van der Waals surface area contributed by atoms with Crippen molar-refractivity contribution in [3.05, 3.63) is 278 Å². The van der Waals surface area contributed by atoms with Crippen LogP contribution in [0.1, 0.15) is 373 Å². The van der Waals surface area contributed by atoms with Crippen LogP contribution in [-0.2, 0) is 0 Å². The van der Waals surface area contributed by atoms with E-state index in [0.717, 1.165) is 17.8 Å². The Hall–Kier alpha value is -9.42. The van der Waals surface area contributed by atoms with Crippen molar-refractivity contribution >= 4 is 39.8 Å². The molecule has 7 aromatic carbocycles. The molecule has 6 unspecified atom stereocenters. The first-order valence-corrected chi connectivity index (χ1v) is 56.2. The summed E-state index contributed by atoms with van der Waals surface area (Å²) < 4.78 is 0. The highest BCUT2D eigenvalue weighted by Gasteiger charge is 2.53. The summed E-state index contributed by atoms with van der Waals surface area (Å²) in [5.41, 5.74) is 36.3. The second-order valence-electron chi connectivity index (χ2n) is 51.4. The fraction of sp³-hybridized carbons (Fsp3) is 0.588. The Bertz CT molecular complexity index is 5600. The molecule has 11 aliphatic rings. The van der Waals surface area contributed by atoms with E-state index in [9.17, 15) is 0 Å². The lowest BCUT2D eigenvalue weighted by Crippen LogP contribution is -2.54. The van der Waals surface area contributed by atoms with Gasteiger partial charge in [-0.2, -0.15) is 0 Å². The molecule has 0 bridgehead atoms. The molecule has 18 rings (SSSR count). The van der Waals surface area contributed by atoms with Crippen molar-refractivity contribution in [3.63, 3.8) is 0 Å². The number of rotatable bonds is 12. The van der Waals surface area contributed by atoms with Gasteiger partial charge in [0.05, 0.1) is 5.70 Å². The van der Waals surface area contributed by atoms with Crippen LogP contribution < -0.4 is 29.4 Å². The minimum Gasteiger partial charge on any atom is -0.356 e. The third kappa shape index (κ3) is 23.9. The summed E-state index contributed by atoms with van der Waals surface area (Å²) in [4.78, 5) is 31.3. The molecule has 143 heavy (non-hydrogen) atoms. The van der Waals surface area contributed by atoms with Crippen LogP contribution in [0.3, 0.4) is 0 Å². The number of aryl methyl sites for hydroxylation is 6. The van der Waals surface area contributed by atoms with E-state index in [-0.39, 0.29) is 38.7 Å². The second kappa shape index (κ2) is 45.9. The Labute approximate surface area is 873 Å². The van der Waals surface area contributed by atoms with Crippen molar-refractivity contribution in [2.75, 3.05) is 57.6 Å². The Kier molecular flexibility index (Phi) is 35.6. The maximum absolute atomic E-state index is 2.96. The molecule has 6 heterocycles. The Balaban J connectivity index is 0.000000145. The van der Waals surface area contributed by atoms with Gasteiger partial charge in [0, 0.05) is 187 Å². The van der Waals surface area contributed by atoms with Crippen molar-refractivity contribution in [1.82, 2.24) is 29.4 Å². The molecule has 12 nitrogen and oxygen atoms in total. The number of hydrogen-bond donors (Lipinski definition) is 0. The van der Waals surface area contributed by atoms with Gasteiger partial charge >= 0.3 is 0 Å². The summed E-state index contributed by atoms with van der Waals surface area (Å²) in [5.74, 6) is 2.24. The summed E-state index contributed by atoms with van der Waals surface area (Å²) in [6.45, 7) is 74.5. The summed E-state index contributed by atoms with van der Waals surface area (Å²) in [6.07, 6.45) is 35.5. The van der Waals surface area contributed by atoms with Crippen LogP contribution in [0, 0.1) is 91.8 Å². The predicted octanol–water partition coefficient (Wildman–Crippen LogP) is 35.1. The van der Waals surface area contributed by atoms with Crippen LogP contribution >= 0.6 is 0 Å². The van der Waals surface area contributed by atoms with E-state index in [2.05, 4.69) is 484 Å². The van der Waals surface area contributed by atoms with Gasteiger partial charge in [-0.3, -0.25) is 0 Å². The average molecular weight is 1940 g/mol. The monoisotopic (exact) mass is 1940 g/mol. The molecule has 5 fully saturated rings. The number of allylic oxidation sites excluding steroid dienone is 11. The van der Waals surface area contributed by atoms with Crippen LogP contribution in [0.5, 0.6) is 0 Å². The van der Waals surface area contributed by atoms with Crippen LogP contribution in [0.4, 0.5) is 34.1 Å². The number of para-hydroxylation sites is 6. The molecule has 0 N–H and O–H groups in total. The van der Waals surface area contributed by atoms with Gasteiger partial charge in [0.1, 0.15) is 37.0 Å². The van der Waals surface area contributed by atoms with E-state index in [1.54, 1.807) is 17.1 Å². The zero-order valence-electron chi connectivity index (χ0n) is 96.9. The zero-order valence-corrected chi connectivity index (χ0v) is 96.9. The maximum Gasteiger partial charge on any atom is 0.111 e. The van der Waals surface area contributed by atoms with E-state index in [1.807, 2.05) is 0 Å². The maximum atomic E-state index is 2.96. The molecule has 0 aromatic heterocycles. The molecule has 7 aromatic rings. The van der Waals surface area contributed by atoms with Crippen molar-refractivity contribution in [3.8, 4) is 0 Å². The largest absolute Gasteiger partial charge is 0.356 e. The first kappa shape index (κ1) is 111. The van der Waals surface area contributed by atoms with Gasteiger partial charge in [0.25, 0.3) is 0 Å². The van der Waals surface area contributed by atoms with Gasteiger partial charge in [-0.15, -0.1) is 0 Å². The van der Waals surface area contributed by atoms with Crippen LogP contribution in [0.15, 0.2) is 239 Å². The zero-order chi connectivity index (χ0) is 104. The lowest BCUT2D eigenvalue weighted by molar-refractivity contribution is 0.0770. The molecule has 0 radical (unpaired) electrons. The summed E-state index contributed by atoms with van der Waals surface area (Å²) in [6, 6.07) is 65.0. The van der Waals surface area contributed by atoms with E-state index in [4.69, 9.17) is 0 Å². The van der Waals surface area contributed by atoms with Crippen molar-refractivity contribution in [1.29, 1.82) is 0 Å². The molecule has 0 amide bonds. The SMILES string of the molecule is CC1=C(C)N(C2CCCCC2)C(C(C)(C)C)N1c1ccccc1C.CC1=C(C)N(c2ccccc2C)C(C(C)(C)C)N1C.CC1=C(C2CCCC2)N(C)C(C(C)(C)C)N1c1ccccc1C.CC1=C(C2CCCCC2)N(C)C(C(C)(C)C)N1c1ccccc1C.CC1=C(C2CCCCC2)N(C2CCCCC2)C(C(C)(C)C)N1c1ccccc1C.CC1=C(c2ccccc2)N(C)C(C(C)(C)C)N1c1ccccc1C. The molecule has 780 valence electrons. The van der Waals surface area contributed by atoms with Gasteiger partial charge in [-0.05, 0) is 236 Å². The first-order chi connectivity index (χ1) is 67.4. The molecule has 12 heteroatoms. The highest BCUT2D eigenvalue weighted by atomic mass is 15.5. The summed E-state index contributed by atoms with van der Waals surface area (Å²) in [7, 11) is 9.06. The normalized spacial score (nSPS) is 22.5. The van der Waals surface area contributed by atoms with Crippen molar-refractivity contribution in [2.45, 2.75) is 425 Å². The number of anilines is 6. The minimum atomic E-state index is 0.120. The van der Waals surface area contributed by atoms with E-state index < -0.39 is 0 Å². The number of hydrogen-bond acceptors (Lipinski definition) is 12. The first-order valence-electron chi connectivity index (χ1n) is 56.2. The van der Waals surface area contributed by atoms with Crippen molar-refractivity contribution in [2.24, 2.45) is 50.2 Å². The van der Waals surface area contributed by atoms with Crippen LogP contribution in [0.25, 0.3) is 5.70 Å². The smallest absolute Gasteiger partial charge is 0.111 e. The number of benzene rings is 7. The molecule has 6 aliphatic heterocycles.